The van der Waals surface area contributed by atoms with E-state index in [-0.39, 0.29) is 17.7 Å². The van der Waals surface area contributed by atoms with Crippen molar-refractivity contribution in [1.82, 2.24) is 10.3 Å². The van der Waals surface area contributed by atoms with Crippen molar-refractivity contribution >= 4 is 29.9 Å². The third kappa shape index (κ3) is 6.99. The summed E-state index contributed by atoms with van der Waals surface area (Å²) in [5, 5.41) is 4.79. The van der Waals surface area contributed by atoms with Gasteiger partial charge in [0.1, 0.15) is 10.6 Å². The van der Waals surface area contributed by atoms with Gasteiger partial charge in [0.2, 0.25) is 0 Å². The van der Waals surface area contributed by atoms with E-state index in [2.05, 4.69) is 15.0 Å². The van der Waals surface area contributed by atoms with Crippen molar-refractivity contribution in [3.05, 3.63) is 16.1 Å². The number of rotatable bonds is 8. The van der Waals surface area contributed by atoms with Gasteiger partial charge in [0, 0.05) is 17.8 Å². The average Bonchev–Trinajstić information content (AvgIpc) is 3.00. The van der Waals surface area contributed by atoms with Gasteiger partial charge < -0.3 is 19.5 Å². The smallest absolute Gasteiger partial charge is 0.407 e. The molecule has 0 radical (unpaired) electrons. The van der Waals surface area contributed by atoms with E-state index >= 15 is 0 Å². The van der Waals surface area contributed by atoms with Crippen LogP contribution in [0.15, 0.2) is 5.38 Å². The van der Waals surface area contributed by atoms with E-state index in [9.17, 15) is 14.4 Å². The monoisotopic (exact) mass is 386 g/mol. The first-order chi connectivity index (χ1) is 12.1. The Morgan fingerprint density at radius 1 is 1.35 bits per heavy atom. The topological polar surface area (TPSA) is 104 Å². The van der Waals surface area contributed by atoms with Crippen LogP contribution in [0, 0.1) is 5.92 Å². The zero-order valence-electron chi connectivity index (χ0n) is 15.9. The minimum Gasteiger partial charge on any atom is -0.464 e. The van der Waals surface area contributed by atoms with Crippen molar-refractivity contribution in [3.63, 3.8) is 0 Å². The van der Waals surface area contributed by atoms with E-state index in [1.807, 2.05) is 13.8 Å². The molecule has 0 aliphatic heterocycles. The first-order valence-corrected chi connectivity index (χ1v) is 9.07. The van der Waals surface area contributed by atoms with Crippen LogP contribution in [-0.2, 0) is 19.0 Å². The van der Waals surface area contributed by atoms with Crippen molar-refractivity contribution in [3.8, 4) is 0 Å². The van der Waals surface area contributed by atoms with Gasteiger partial charge in [-0.25, -0.2) is 14.6 Å². The first kappa shape index (κ1) is 21.9. The van der Waals surface area contributed by atoms with Gasteiger partial charge in [0.15, 0.2) is 11.8 Å². The summed E-state index contributed by atoms with van der Waals surface area (Å²) in [5.74, 6) is -0.509. The van der Waals surface area contributed by atoms with Crippen LogP contribution in [0.25, 0.3) is 0 Å². The molecule has 0 aliphatic carbocycles. The number of hydrogen-bond donors (Lipinski definition) is 1. The molecule has 1 N–H and O–H groups in total. The van der Waals surface area contributed by atoms with Gasteiger partial charge in [-0.15, -0.1) is 11.3 Å². The molecule has 2 unspecified atom stereocenters. The number of alkyl carbamates (subject to hydrolysis) is 1. The molecular weight excluding hydrogens is 360 g/mol. The number of carbonyl (C=O) groups is 3. The van der Waals surface area contributed by atoms with Crippen LogP contribution in [-0.4, -0.2) is 42.3 Å². The van der Waals surface area contributed by atoms with Gasteiger partial charge in [0.05, 0.1) is 7.11 Å². The number of aromatic nitrogens is 1. The summed E-state index contributed by atoms with van der Waals surface area (Å²) < 4.78 is 15.1. The molecule has 0 aromatic carbocycles. The number of methoxy groups -OCH3 is 1. The Hall–Kier alpha value is -2.16. The molecule has 9 heteroatoms. The summed E-state index contributed by atoms with van der Waals surface area (Å²) >= 11 is 1.18. The molecule has 1 aromatic heterocycles. The van der Waals surface area contributed by atoms with E-state index < -0.39 is 23.8 Å². The molecule has 26 heavy (non-hydrogen) atoms. The fraction of sp³-hybridized carbons (Fsp3) is 0.647. The van der Waals surface area contributed by atoms with Crippen LogP contribution in [0.2, 0.25) is 0 Å². The predicted molar refractivity (Wildman–Crippen MR) is 96.0 cm³/mol. The van der Waals surface area contributed by atoms with E-state index in [1.165, 1.54) is 23.8 Å². The van der Waals surface area contributed by atoms with Gasteiger partial charge in [-0.1, -0.05) is 13.8 Å². The summed E-state index contributed by atoms with van der Waals surface area (Å²) in [4.78, 5) is 38.7. The Morgan fingerprint density at radius 2 is 2.00 bits per heavy atom. The fourth-order valence-corrected chi connectivity index (χ4v) is 2.94. The summed E-state index contributed by atoms with van der Waals surface area (Å²) in [7, 11) is 1.26. The lowest BCUT2D eigenvalue weighted by Crippen LogP contribution is -2.42. The molecular formula is C17H26N2O6S. The highest BCUT2D eigenvalue weighted by Crippen LogP contribution is 2.28. The normalized spacial score (nSPS) is 13.7. The Morgan fingerprint density at radius 3 is 2.50 bits per heavy atom. The summed E-state index contributed by atoms with van der Waals surface area (Å²) in [6.45, 7) is 9.52. The predicted octanol–water partition coefficient (Wildman–Crippen LogP) is 3.08. The Balaban J connectivity index is 2.90. The molecule has 146 valence electrons. The van der Waals surface area contributed by atoms with E-state index in [0.29, 0.717) is 17.9 Å². The molecule has 8 nitrogen and oxygen atoms in total. The molecule has 0 fully saturated rings. The van der Waals surface area contributed by atoms with Gasteiger partial charge in [-0.3, -0.25) is 4.79 Å². The fourth-order valence-electron chi connectivity index (χ4n) is 2.10. The zero-order chi connectivity index (χ0) is 19.9. The highest BCUT2D eigenvalue weighted by molar-refractivity contribution is 7.09. The van der Waals surface area contributed by atoms with Crippen molar-refractivity contribution in [2.24, 2.45) is 5.92 Å². The van der Waals surface area contributed by atoms with Crippen LogP contribution >= 0.6 is 11.3 Å². The summed E-state index contributed by atoms with van der Waals surface area (Å²) in [6, 6.07) is -0.319. The van der Waals surface area contributed by atoms with Crippen LogP contribution in [0.4, 0.5) is 4.79 Å². The van der Waals surface area contributed by atoms with Crippen LogP contribution in [0.5, 0.6) is 0 Å². The lowest BCUT2D eigenvalue weighted by molar-refractivity contribution is -0.134. The molecule has 0 spiro atoms. The maximum atomic E-state index is 12.1. The van der Waals surface area contributed by atoms with Crippen LogP contribution in [0.3, 0.4) is 0 Å². The van der Waals surface area contributed by atoms with E-state index in [1.54, 1.807) is 20.8 Å². The number of thiazole rings is 1. The molecule has 0 saturated carbocycles. The van der Waals surface area contributed by atoms with Crippen molar-refractivity contribution in [1.29, 1.82) is 0 Å². The molecule has 1 amide bonds. The first-order valence-electron chi connectivity index (χ1n) is 8.19. The third-order valence-electron chi connectivity index (χ3n) is 3.39. The van der Waals surface area contributed by atoms with Crippen LogP contribution < -0.4 is 5.32 Å². The van der Waals surface area contributed by atoms with Crippen molar-refractivity contribution in [2.45, 2.75) is 58.8 Å². The number of nitrogens with zero attached hydrogens (tertiary/aromatic N) is 1. The molecule has 2 atom stereocenters. The lowest BCUT2D eigenvalue weighted by Gasteiger charge is -2.27. The third-order valence-corrected chi connectivity index (χ3v) is 4.32. The van der Waals surface area contributed by atoms with Gasteiger partial charge in [-0.2, -0.15) is 0 Å². The summed E-state index contributed by atoms with van der Waals surface area (Å²) in [6.07, 6.45) is -0.947. The number of esters is 1. The maximum absolute atomic E-state index is 12.1. The van der Waals surface area contributed by atoms with E-state index in [4.69, 9.17) is 9.47 Å². The number of amides is 1. The van der Waals surface area contributed by atoms with E-state index in [0.717, 1.165) is 0 Å². The van der Waals surface area contributed by atoms with Gasteiger partial charge >= 0.3 is 12.1 Å². The SMILES string of the molecule is COC(=O)c1csc(C(CC(NC(=O)OC(C)(C)C)C(C)C)OC=O)n1. The largest absolute Gasteiger partial charge is 0.464 e. The standard InChI is InChI=1S/C17H26N2O6S/c1-10(2)11(19-16(22)25-17(3,4)5)7-13(24-9-20)14-18-12(8-26-14)15(21)23-6/h8-11,13H,7H2,1-6H3,(H,19,22). The minimum atomic E-state index is -0.696. The summed E-state index contributed by atoms with van der Waals surface area (Å²) in [5.41, 5.74) is -0.470. The Labute approximate surface area is 157 Å². The lowest BCUT2D eigenvalue weighted by atomic mass is 9.98. The molecule has 1 aromatic rings. The number of hydrogen-bond acceptors (Lipinski definition) is 8. The van der Waals surface area contributed by atoms with Crippen molar-refractivity contribution in [2.75, 3.05) is 7.11 Å². The molecule has 0 saturated heterocycles. The average molecular weight is 386 g/mol. The number of nitrogens with one attached hydrogen (secondary N) is 1. The molecule has 1 rings (SSSR count). The Kier molecular flexibility index (Phi) is 8.01. The van der Waals surface area contributed by atoms with Crippen LogP contribution in [0.1, 0.15) is 62.6 Å². The second kappa shape index (κ2) is 9.51. The highest BCUT2D eigenvalue weighted by Gasteiger charge is 2.28. The number of ether oxygens (including phenoxy) is 3. The van der Waals surface area contributed by atoms with Gasteiger partial charge in [0.25, 0.3) is 6.47 Å². The second-order valence-electron chi connectivity index (χ2n) is 7.02. The minimum absolute atomic E-state index is 0.0558. The maximum Gasteiger partial charge on any atom is 0.407 e. The van der Waals surface area contributed by atoms with Crippen molar-refractivity contribution < 1.29 is 28.6 Å². The Bertz CT molecular complexity index is 623. The molecule has 1 heterocycles. The molecule has 0 aliphatic rings. The molecule has 0 bridgehead atoms. The second-order valence-corrected chi connectivity index (χ2v) is 7.91. The van der Waals surface area contributed by atoms with Gasteiger partial charge in [-0.05, 0) is 26.7 Å². The zero-order valence-corrected chi connectivity index (χ0v) is 16.7. The quantitative estimate of drug-likeness (QED) is 0.416. The number of carbonyl (C=O) groups excluding carboxylic acids is 3. The highest BCUT2D eigenvalue weighted by atomic mass is 32.1.